The second-order valence-corrected chi connectivity index (χ2v) is 35.3. The molecule has 0 saturated heterocycles. The summed E-state index contributed by atoms with van der Waals surface area (Å²) in [5.74, 6) is -5.20. The van der Waals surface area contributed by atoms with E-state index in [2.05, 4.69) is 102 Å². The highest BCUT2D eigenvalue weighted by Crippen LogP contribution is 2.26. The van der Waals surface area contributed by atoms with Gasteiger partial charge in [-0.3, -0.25) is 90.9 Å². The summed E-state index contributed by atoms with van der Waals surface area (Å²) in [6.07, 6.45) is 3.25. The maximum Gasteiger partial charge on any atom is 0.518 e. The number of alkyl halides is 3. The number of nitrogens with two attached hydrogens (primary N) is 12. The van der Waals surface area contributed by atoms with E-state index in [1.54, 1.807) is 64.3 Å². The van der Waals surface area contributed by atoms with Crippen molar-refractivity contribution >= 4 is 254 Å². The highest BCUT2D eigenvalue weighted by molar-refractivity contribution is 7.91. The molecule has 62 heteroatoms. The molecule has 34 N–H and O–H groups in total. The first kappa shape index (κ1) is 134. The van der Waals surface area contributed by atoms with E-state index >= 15 is 0 Å². The molecule has 3 aromatic carbocycles. The first-order valence-electron chi connectivity index (χ1n) is 41.6. The Hall–Kier alpha value is -13.4. The normalized spacial score (nSPS) is 11.2. The third-order valence-corrected chi connectivity index (χ3v) is 17.7. The van der Waals surface area contributed by atoms with Gasteiger partial charge < -0.3 is 104 Å². The highest BCUT2D eigenvalue weighted by atomic mass is 35.5. The molecule has 143 heavy (non-hydrogen) atoms. The number of halogens is 11. The molecule has 3 heterocycles. The monoisotopic (exact) mass is 2200 g/mol. The number of carbonyl (C=O) groups is 10. The van der Waals surface area contributed by atoms with Gasteiger partial charge >= 0.3 is 39.9 Å². The Morgan fingerprint density at radius 1 is 0.350 bits per heavy atom. The summed E-state index contributed by atoms with van der Waals surface area (Å²) < 4.78 is 81.8. The summed E-state index contributed by atoms with van der Waals surface area (Å²) in [7, 11) is -6.03. The number of unbranched alkanes of at least 4 members (excludes halogenated alkanes) is 3. The van der Waals surface area contributed by atoms with Gasteiger partial charge in [-0.1, -0.05) is 71.2 Å². The van der Waals surface area contributed by atoms with E-state index in [9.17, 15) is 69.5 Å². The topological polar surface area (TPSA) is 826 Å². The van der Waals surface area contributed by atoms with Crippen molar-refractivity contribution in [1.82, 2.24) is 67.1 Å². The van der Waals surface area contributed by atoms with Gasteiger partial charge in [-0.25, -0.2) is 49.1 Å². The number of aryl methyl sites for hydroxylation is 3. The van der Waals surface area contributed by atoms with Crippen LogP contribution in [0.15, 0.2) is 102 Å². The number of aromatic nitrogens is 6. The van der Waals surface area contributed by atoms with Crippen molar-refractivity contribution in [3.05, 3.63) is 122 Å². The Labute approximate surface area is 868 Å². The van der Waals surface area contributed by atoms with Crippen molar-refractivity contribution in [3.63, 3.8) is 0 Å². The SMILES string of the molecule is CC(C)(C)OC(=O)NC(=NCCC(=O)Nc1ccc(CCCCN=C(N)NC(=O)c2nc(Cl)c(N)nc2N)cc1)NC(=O)OC(C)(C)C.CC(C)(C)OC(=O)NC(=NS(=O)(=O)C(F)(F)F)NC(=O)OC(C)(C)C.Cl.Cl.Cl.Cl.Cl.NC(N)=NCCC(=O)Nc1ccc(CCCCN=C(N)NC(=O)c2nc(Cl)c(N)nc2N)cc1.NCCC(=O)Nc1ccc(CCCCN=C(N)NC(=O)c2nc(Cl)c(N)nc2N)cc1. The molecule has 50 nitrogen and oxygen atoms in total. The number of aliphatic imine (C=N–C) groups is 5. The van der Waals surface area contributed by atoms with E-state index in [1.165, 1.54) is 41.5 Å². The molecule has 6 aromatic rings. The second-order valence-electron chi connectivity index (χ2n) is 32.6. The molecule has 0 unspecified atom stereocenters. The van der Waals surface area contributed by atoms with Crippen molar-refractivity contribution in [1.29, 1.82) is 0 Å². The minimum Gasteiger partial charge on any atom is -0.444 e. The van der Waals surface area contributed by atoms with Crippen molar-refractivity contribution < 1.29 is 88.5 Å². The molecule has 0 aliphatic rings. The standard InChI is InChI=1S/C30H44ClN11O6.C20H28ClN11O2.C19H26ClN9O2.C12H20F3N3O6S.5ClH/c1-29(2,3)47-27(45)41-26(42-28(46)48-30(4,5)6)36-16-14-19(43)37-18-12-10-17(11-13-18)9-7-8-15-35-25(34)40-24(44)20-22(32)39-23(33)21(31)38-20;21-15-17(23)31-16(22)14(30-15)18(34)32-20(26)28-9-2-1-3-11-4-6-12(7-5-11)29-13(33)8-10-27-19(24)25;20-15-17(23)28-16(22)14(27-15)18(31)29-19(24)25-10-2-1-3-11-4-6-12(7-5-11)26-13(30)8-9-21;1-10(2,3)23-8(19)16-7(17-9(20)24-11(4,5)6)18-25(21,22)12(13,14)15;;;;;/h10-13H,7-9,14-16H2,1-6H3,(H,37,43)(H4,32,33,39)(H3,34,35,40,44)(H2,36,41,42,45,46);4-7H,1-3,8-10H2,(H,29,33)(H4,22,23,31)(H4,24,25,27)(H3,26,28,32,34);4-7H,1-3,8-10,21H2,(H,26,30)(H4,22,23,28)(H3,24,25,29,31);1-6H3,(H2,16,17,18,19,20);5*1H. The zero-order chi connectivity index (χ0) is 104. The molecule has 0 spiro atoms. The lowest BCUT2D eigenvalue weighted by Crippen LogP contribution is -2.48. The Balaban J connectivity index is -0.00000186. The summed E-state index contributed by atoms with van der Waals surface area (Å²) in [5, 5.41) is 23.1. The summed E-state index contributed by atoms with van der Waals surface area (Å²) in [4.78, 5) is 163. The average Bonchev–Trinajstić information content (AvgIpc) is 0.830. The minimum absolute atomic E-state index is 0. The summed E-state index contributed by atoms with van der Waals surface area (Å²) >= 11 is 17.3. The Kier molecular flexibility index (Phi) is 60.1. The number of guanidine groups is 6. The first-order valence-corrected chi connectivity index (χ1v) is 44.1. The number of nitrogens with zero attached hydrogens (tertiary/aromatic N) is 12. The fourth-order valence-electron chi connectivity index (χ4n) is 9.97. The minimum atomic E-state index is -6.03. The molecule has 10 amide bonds. The van der Waals surface area contributed by atoms with E-state index in [1.807, 2.05) is 60.7 Å². The number of rotatable bonds is 30. The van der Waals surface area contributed by atoms with Gasteiger partial charge in [-0.05, 0) is 194 Å². The van der Waals surface area contributed by atoms with Crippen LogP contribution in [-0.4, -0.2) is 201 Å². The number of sulfonamides is 1. The van der Waals surface area contributed by atoms with Crippen LogP contribution in [0.4, 0.5) is 84.3 Å². The average molecular weight is 2200 g/mol. The highest BCUT2D eigenvalue weighted by Gasteiger charge is 2.47. The van der Waals surface area contributed by atoms with Gasteiger partial charge in [0.05, 0.1) is 13.1 Å². The molecule has 0 bridgehead atoms. The lowest BCUT2D eigenvalue weighted by molar-refractivity contribution is -0.116. The van der Waals surface area contributed by atoms with Crippen LogP contribution in [0.5, 0.6) is 0 Å². The predicted octanol–water partition coefficient (Wildman–Crippen LogP) is 8.06. The summed E-state index contributed by atoms with van der Waals surface area (Å²) in [5.41, 5.74) is 61.8. The first-order chi connectivity index (χ1) is 64.1. The van der Waals surface area contributed by atoms with Gasteiger partial charge in [0.15, 0.2) is 91.3 Å². The number of nitrogens with one attached hydrogen (secondary N) is 10. The number of alkyl carbamates (subject to hydrolysis) is 4. The molecule has 0 fully saturated rings. The maximum atomic E-state index is 12.5. The van der Waals surface area contributed by atoms with Crippen LogP contribution >= 0.6 is 96.8 Å². The van der Waals surface area contributed by atoms with Gasteiger partial charge in [0.1, 0.15) is 22.4 Å². The smallest absolute Gasteiger partial charge is 0.444 e. The number of ether oxygens (including phenoxy) is 4. The van der Waals surface area contributed by atoms with E-state index < -0.39 is 86.0 Å². The zero-order valence-corrected chi connectivity index (χ0v) is 86.9. The molecule has 6 rings (SSSR count). The van der Waals surface area contributed by atoms with Gasteiger partial charge in [-0.15, -0.1) is 66.4 Å². The summed E-state index contributed by atoms with van der Waals surface area (Å²) in [6, 6.07) is 22.5. The lowest BCUT2D eigenvalue weighted by Gasteiger charge is -2.22. The third-order valence-electron chi connectivity index (χ3n) is 15.9. The fraction of sp³-hybridized carbons (Fsp3) is 0.432. The Morgan fingerprint density at radius 2 is 0.601 bits per heavy atom. The van der Waals surface area contributed by atoms with Crippen LogP contribution in [0.3, 0.4) is 0 Å². The molecular weight excluding hydrogens is 2080 g/mol. The molecule has 0 aliphatic heterocycles. The Bertz CT molecular complexity index is 5460. The molecule has 796 valence electrons. The number of amides is 10. The summed E-state index contributed by atoms with van der Waals surface area (Å²) in [6.45, 7) is 20.6. The number of benzene rings is 3. The quantitative estimate of drug-likeness (QED) is 0.00877. The number of nitrogen functional groups attached to an aromatic ring is 6. The van der Waals surface area contributed by atoms with E-state index in [0.717, 1.165) is 73.7 Å². The van der Waals surface area contributed by atoms with Crippen LogP contribution in [0.25, 0.3) is 0 Å². The Morgan fingerprint density at radius 3 is 0.846 bits per heavy atom. The van der Waals surface area contributed by atoms with E-state index in [4.69, 9.17) is 123 Å². The van der Waals surface area contributed by atoms with Gasteiger partial charge in [0.2, 0.25) is 29.6 Å². The number of carbonyl (C=O) groups excluding carboxylic acids is 10. The van der Waals surface area contributed by atoms with Crippen molar-refractivity contribution in [2.75, 3.05) is 89.6 Å². The van der Waals surface area contributed by atoms with Crippen LogP contribution in [-0.2, 0) is 62.6 Å². The lowest BCUT2D eigenvalue weighted by atomic mass is 10.1. The molecular formula is C81H123Cl8F3N34O16S. The van der Waals surface area contributed by atoms with Gasteiger partial charge in [0.25, 0.3) is 17.7 Å². The van der Waals surface area contributed by atoms with E-state index in [0.29, 0.717) is 50.4 Å². The van der Waals surface area contributed by atoms with E-state index in [-0.39, 0.29) is 203 Å². The molecule has 0 saturated carbocycles. The maximum absolute atomic E-state index is 12.5. The van der Waals surface area contributed by atoms with Crippen molar-refractivity contribution in [2.45, 2.75) is 188 Å². The third kappa shape index (κ3) is 57.4. The largest absolute Gasteiger partial charge is 0.518 e. The van der Waals surface area contributed by atoms with Crippen LogP contribution in [0.1, 0.15) is 189 Å². The number of hydrogen-bond donors (Lipinski definition) is 22. The second kappa shape index (κ2) is 64.2. The molecule has 0 aliphatic carbocycles. The van der Waals surface area contributed by atoms with Crippen molar-refractivity contribution in [3.8, 4) is 0 Å². The predicted molar refractivity (Wildman–Crippen MR) is 556 cm³/mol. The van der Waals surface area contributed by atoms with Crippen molar-refractivity contribution in [2.24, 2.45) is 63.8 Å². The van der Waals surface area contributed by atoms with Crippen LogP contribution in [0, 0.1) is 0 Å². The molecule has 0 atom stereocenters. The van der Waals surface area contributed by atoms with Crippen LogP contribution in [0.2, 0.25) is 15.5 Å². The number of hydrogen-bond acceptors (Lipinski definition) is 34. The fourth-order valence-corrected chi connectivity index (χ4v) is 10.8. The number of anilines is 9. The molecule has 0 radical (unpaired) electrons. The van der Waals surface area contributed by atoms with Crippen LogP contribution < -0.4 is 122 Å². The zero-order valence-electron chi connectivity index (χ0n) is 79.7. The molecule has 3 aromatic heterocycles. The van der Waals surface area contributed by atoms with Gasteiger partial charge in [-0.2, -0.15) is 21.6 Å². The van der Waals surface area contributed by atoms with Gasteiger partial charge in [0, 0.05) is 62.5 Å².